The molecule has 0 bridgehead atoms. The molecule has 114 valence electrons. The highest BCUT2D eigenvalue weighted by Gasteiger charge is 2.23. The smallest absolute Gasteiger partial charge is 0.0501 e. The monoisotopic (exact) mass is 295 g/mol. The number of hydrogen-bond donors (Lipinski definition) is 1. The van der Waals surface area contributed by atoms with E-state index >= 15 is 0 Å². The van der Waals surface area contributed by atoms with Crippen LogP contribution < -0.4 is 5.32 Å². The van der Waals surface area contributed by atoms with E-state index in [0.717, 1.165) is 19.3 Å². The summed E-state index contributed by atoms with van der Waals surface area (Å²) in [5.74, 6) is 0.670. The van der Waals surface area contributed by atoms with Gasteiger partial charge in [0.05, 0.1) is 5.25 Å². The minimum Gasteiger partial charge on any atom is -0.316 e. The molecule has 0 saturated heterocycles. The molecule has 0 radical (unpaired) electrons. The van der Waals surface area contributed by atoms with Crippen LogP contribution in [-0.2, 0) is 16.6 Å². The molecule has 3 atom stereocenters. The van der Waals surface area contributed by atoms with Gasteiger partial charge >= 0.3 is 0 Å². The maximum absolute atomic E-state index is 12.7. The Morgan fingerprint density at radius 2 is 1.75 bits per heavy atom. The van der Waals surface area contributed by atoms with Gasteiger partial charge in [0.2, 0.25) is 0 Å². The van der Waals surface area contributed by atoms with Crippen molar-refractivity contribution in [2.45, 2.75) is 64.0 Å². The average Bonchev–Trinajstić information content (AvgIpc) is 2.37. The summed E-state index contributed by atoms with van der Waals surface area (Å²) in [6.45, 7) is 8.53. The number of nitrogens with one attached hydrogen (secondary N) is 1. The summed E-state index contributed by atoms with van der Waals surface area (Å²) in [5.41, 5.74) is 3.71. The third kappa shape index (κ3) is 5.02. The van der Waals surface area contributed by atoms with Crippen LogP contribution in [0.1, 0.15) is 49.8 Å². The second-order valence-corrected chi connectivity index (χ2v) is 7.31. The fourth-order valence-corrected chi connectivity index (χ4v) is 4.62. The molecule has 3 unspecified atom stereocenters. The van der Waals surface area contributed by atoms with E-state index in [2.05, 4.69) is 51.2 Å². The van der Waals surface area contributed by atoms with Crippen LogP contribution in [0.4, 0.5) is 0 Å². The molecule has 20 heavy (non-hydrogen) atoms. The van der Waals surface area contributed by atoms with Gasteiger partial charge in [-0.25, -0.2) is 0 Å². The molecule has 1 rings (SSSR count). The number of rotatable bonds is 8. The van der Waals surface area contributed by atoms with Crippen LogP contribution in [0.3, 0.4) is 0 Å². The van der Waals surface area contributed by atoms with Gasteiger partial charge in [0.1, 0.15) is 0 Å². The van der Waals surface area contributed by atoms with Gasteiger partial charge < -0.3 is 5.32 Å². The first-order valence-electron chi connectivity index (χ1n) is 7.63. The Hall–Kier alpha value is -0.670. The zero-order valence-corrected chi connectivity index (χ0v) is 14.3. The van der Waals surface area contributed by atoms with Gasteiger partial charge in [0.25, 0.3) is 0 Å². The Labute approximate surface area is 126 Å². The summed E-state index contributed by atoms with van der Waals surface area (Å²) in [6.07, 6.45) is 3.18. The maximum Gasteiger partial charge on any atom is 0.0501 e. The molecule has 0 heterocycles. The molecule has 0 spiro atoms. The summed E-state index contributed by atoms with van der Waals surface area (Å²) < 4.78 is 12.7. The number of hydrogen-bond acceptors (Lipinski definition) is 2. The molecule has 1 aromatic carbocycles. The fraction of sp³-hybridized carbons (Fsp3) is 0.647. The minimum absolute atomic E-state index is 0.237. The molecular formula is C17H29NOS. The van der Waals surface area contributed by atoms with E-state index in [0.29, 0.717) is 11.8 Å². The molecular weight excluding hydrogens is 266 g/mol. The lowest BCUT2D eigenvalue weighted by molar-refractivity contribution is 0.480. The first-order valence-corrected chi connectivity index (χ1v) is 9.01. The van der Waals surface area contributed by atoms with Crippen molar-refractivity contribution >= 4 is 10.8 Å². The highest BCUT2D eigenvalue weighted by Crippen LogP contribution is 2.18. The van der Waals surface area contributed by atoms with E-state index in [1.54, 1.807) is 0 Å². The van der Waals surface area contributed by atoms with Crippen LogP contribution in [-0.4, -0.2) is 22.5 Å². The van der Waals surface area contributed by atoms with Gasteiger partial charge in [-0.05, 0) is 39.3 Å². The van der Waals surface area contributed by atoms with Gasteiger partial charge in [-0.15, -0.1) is 0 Å². The second-order valence-electron chi connectivity index (χ2n) is 5.65. The predicted octanol–water partition coefficient (Wildman–Crippen LogP) is 3.72. The largest absolute Gasteiger partial charge is 0.316 e. The highest BCUT2D eigenvalue weighted by molar-refractivity contribution is 7.84. The van der Waals surface area contributed by atoms with Crippen molar-refractivity contribution in [3.63, 3.8) is 0 Å². The zero-order valence-electron chi connectivity index (χ0n) is 13.5. The van der Waals surface area contributed by atoms with Crippen LogP contribution in [0.25, 0.3) is 0 Å². The molecule has 1 N–H and O–H groups in total. The lowest BCUT2D eigenvalue weighted by Crippen LogP contribution is -2.40. The van der Waals surface area contributed by atoms with Crippen LogP contribution in [0.2, 0.25) is 0 Å². The quantitative estimate of drug-likeness (QED) is 0.792. The van der Waals surface area contributed by atoms with Crippen molar-refractivity contribution in [2.75, 3.05) is 7.05 Å². The first-order chi connectivity index (χ1) is 9.51. The Morgan fingerprint density at radius 1 is 1.15 bits per heavy atom. The van der Waals surface area contributed by atoms with Crippen molar-refractivity contribution in [3.8, 4) is 0 Å². The SMILES string of the molecule is CCCC(NC)C(CC)S(=O)Cc1cc(C)cc(C)c1. The molecule has 3 heteroatoms. The fourth-order valence-electron chi connectivity index (χ4n) is 2.90. The van der Waals surface area contributed by atoms with Gasteiger partial charge in [-0.3, -0.25) is 4.21 Å². The normalized spacial score (nSPS) is 15.8. The van der Waals surface area contributed by atoms with E-state index in [9.17, 15) is 4.21 Å². The summed E-state index contributed by atoms with van der Waals surface area (Å²) >= 11 is 0. The van der Waals surface area contributed by atoms with Crippen LogP contribution in [0.5, 0.6) is 0 Å². The summed E-state index contributed by atoms with van der Waals surface area (Å²) in [5, 5.41) is 3.59. The predicted molar refractivity (Wildman–Crippen MR) is 89.6 cm³/mol. The lowest BCUT2D eigenvalue weighted by atomic mass is 10.1. The minimum atomic E-state index is -0.819. The Morgan fingerprint density at radius 3 is 2.20 bits per heavy atom. The number of benzene rings is 1. The summed E-state index contributed by atoms with van der Waals surface area (Å²) in [4.78, 5) is 0. The van der Waals surface area contributed by atoms with Crippen LogP contribution >= 0.6 is 0 Å². The van der Waals surface area contributed by atoms with E-state index in [1.807, 2.05) is 7.05 Å². The van der Waals surface area contributed by atoms with Crippen LogP contribution in [0, 0.1) is 13.8 Å². The summed E-state index contributed by atoms with van der Waals surface area (Å²) in [7, 11) is 1.16. The molecule has 0 aromatic heterocycles. The lowest BCUT2D eigenvalue weighted by Gasteiger charge is -2.25. The standard InChI is InChI=1S/C17H29NOS/c1-6-8-16(18-5)17(7-2)20(19)12-15-10-13(3)9-14(4)11-15/h9-11,16-18H,6-8,12H2,1-5H3. The zero-order chi connectivity index (χ0) is 15.1. The van der Waals surface area contributed by atoms with Gasteiger partial charge in [-0.2, -0.15) is 0 Å². The maximum atomic E-state index is 12.7. The Balaban J connectivity index is 2.81. The molecule has 0 fully saturated rings. The third-order valence-corrected chi connectivity index (χ3v) is 5.70. The van der Waals surface area contributed by atoms with Crippen molar-refractivity contribution < 1.29 is 4.21 Å². The molecule has 0 amide bonds. The molecule has 0 aliphatic rings. The molecule has 1 aromatic rings. The van der Waals surface area contributed by atoms with Crippen molar-refractivity contribution in [1.29, 1.82) is 0 Å². The Kier molecular flexibility index (Phi) is 7.46. The van der Waals surface area contributed by atoms with Gasteiger partial charge in [0, 0.05) is 22.6 Å². The number of aryl methyl sites for hydroxylation is 2. The highest BCUT2D eigenvalue weighted by atomic mass is 32.2. The molecule has 0 aliphatic heterocycles. The van der Waals surface area contributed by atoms with Crippen molar-refractivity contribution in [3.05, 3.63) is 34.9 Å². The van der Waals surface area contributed by atoms with E-state index in [4.69, 9.17) is 0 Å². The summed E-state index contributed by atoms with van der Waals surface area (Å²) in [6, 6.07) is 6.84. The van der Waals surface area contributed by atoms with Gasteiger partial charge in [0.15, 0.2) is 0 Å². The van der Waals surface area contributed by atoms with Gasteiger partial charge in [-0.1, -0.05) is 49.6 Å². The van der Waals surface area contributed by atoms with E-state index in [1.165, 1.54) is 16.7 Å². The van der Waals surface area contributed by atoms with Crippen molar-refractivity contribution in [1.82, 2.24) is 5.32 Å². The third-order valence-electron chi connectivity index (χ3n) is 3.75. The van der Waals surface area contributed by atoms with Crippen molar-refractivity contribution in [2.24, 2.45) is 0 Å². The topological polar surface area (TPSA) is 29.1 Å². The average molecular weight is 295 g/mol. The Bertz CT molecular complexity index is 424. The molecule has 2 nitrogen and oxygen atoms in total. The molecule has 0 aliphatic carbocycles. The second kappa shape index (κ2) is 8.58. The molecule has 0 saturated carbocycles. The van der Waals surface area contributed by atoms with E-state index < -0.39 is 10.8 Å². The first kappa shape index (κ1) is 17.4. The van der Waals surface area contributed by atoms with E-state index in [-0.39, 0.29) is 5.25 Å². The van der Waals surface area contributed by atoms with Crippen LogP contribution in [0.15, 0.2) is 18.2 Å².